The second-order valence-corrected chi connectivity index (χ2v) is 8.03. The van der Waals surface area contributed by atoms with E-state index in [1.807, 2.05) is 56.3 Å². The largest absolute Gasteiger partial charge is 0.493 e. The lowest BCUT2D eigenvalue weighted by atomic mass is 9.74. The number of nitrogens with zero attached hydrogens (tertiary/aromatic N) is 2. The molecule has 0 amide bonds. The standard InChI is InChI=1S/C23H25ClN2O4/c1-15(2)29-19-9-8-16(14-20(19)27-3)21-25-26-22(30-21)23(10-12-28-13-11-23)17-6-4-5-7-18(17)24/h4-9,14-15H,10-13H2,1-3H3. The van der Waals surface area contributed by atoms with Crippen LogP contribution in [0, 0.1) is 0 Å². The highest BCUT2D eigenvalue weighted by Crippen LogP contribution is 2.44. The first-order valence-corrected chi connectivity index (χ1v) is 10.4. The van der Waals surface area contributed by atoms with E-state index in [0.29, 0.717) is 41.5 Å². The number of hydrogen-bond acceptors (Lipinski definition) is 6. The van der Waals surface area contributed by atoms with Crippen molar-refractivity contribution in [3.8, 4) is 23.0 Å². The summed E-state index contributed by atoms with van der Waals surface area (Å²) in [4.78, 5) is 0. The highest BCUT2D eigenvalue weighted by Gasteiger charge is 2.42. The smallest absolute Gasteiger partial charge is 0.247 e. The van der Waals surface area contributed by atoms with E-state index in [0.717, 1.165) is 24.0 Å². The average Bonchev–Trinajstić information content (AvgIpc) is 3.25. The monoisotopic (exact) mass is 428 g/mol. The molecular formula is C23H25ClN2O4. The van der Waals surface area contributed by atoms with Crippen LogP contribution in [0.1, 0.15) is 38.1 Å². The fourth-order valence-corrected chi connectivity index (χ4v) is 4.17. The zero-order valence-corrected chi connectivity index (χ0v) is 18.1. The Kier molecular flexibility index (Phi) is 5.97. The summed E-state index contributed by atoms with van der Waals surface area (Å²) in [7, 11) is 1.61. The molecule has 30 heavy (non-hydrogen) atoms. The van der Waals surface area contributed by atoms with Gasteiger partial charge in [0.05, 0.1) is 18.6 Å². The molecule has 7 heteroatoms. The molecule has 3 aromatic rings. The summed E-state index contributed by atoms with van der Waals surface area (Å²) in [6.07, 6.45) is 1.50. The molecule has 0 N–H and O–H groups in total. The number of ether oxygens (including phenoxy) is 3. The molecule has 0 radical (unpaired) electrons. The van der Waals surface area contributed by atoms with Crippen LogP contribution in [0.5, 0.6) is 11.5 Å². The van der Waals surface area contributed by atoms with Crippen LogP contribution in [0.2, 0.25) is 5.02 Å². The van der Waals surface area contributed by atoms with Crippen molar-refractivity contribution in [3.63, 3.8) is 0 Å². The molecule has 1 aromatic heterocycles. The molecule has 2 aromatic carbocycles. The van der Waals surface area contributed by atoms with Gasteiger partial charge in [-0.1, -0.05) is 29.8 Å². The summed E-state index contributed by atoms with van der Waals surface area (Å²) in [5.41, 5.74) is 1.29. The van der Waals surface area contributed by atoms with Crippen LogP contribution < -0.4 is 9.47 Å². The van der Waals surface area contributed by atoms with E-state index in [9.17, 15) is 0 Å². The molecule has 1 aliphatic heterocycles. The van der Waals surface area contributed by atoms with Crippen molar-refractivity contribution < 1.29 is 18.6 Å². The van der Waals surface area contributed by atoms with Crippen LogP contribution >= 0.6 is 11.6 Å². The van der Waals surface area contributed by atoms with Crippen LogP contribution in [0.25, 0.3) is 11.5 Å². The Labute approximate surface area is 181 Å². The van der Waals surface area contributed by atoms with Gasteiger partial charge >= 0.3 is 0 Å². The topological polar surface area (TPSA) is 66.6 Å². The SMILES string of the molecule is COc1cc(-c2nnc(C3(c4ccccc4Cl)CCOCC3)o2)ccc1OC(C)C. The van der Waals surface area contributed by atoms with E-state index in [-0.39, 0.29) is 6.10 Å². The number of rotatable bonds is 6. The second kappa shape index (κ2) is 8.66. The maximum atomic E-state index is 6.56. The van der Waals surface area contributed by atoms with Crippen molar-refractivity contribution in [1.82, 2.24) is 10.2 Å². The first kappa shape index (κ1) is 20.7. The highest BCUT2D eigenvalue weighted by atomic mass is 35.5. The fourth-order valence-electron chi connectivity index (χ4n) is 3.85. The van der Waals surface area contributed by atoms with Crippen LogP contribution in [-0.4, -0.2) is 36.6 Å². The van der Waals surface area contributed by atoms with Crippen molar-refractivity contribution in [2.75, 3.05) is 20.3 Å². The first-order valence-electron chi connectivity index (χ1n) is 10.1. The molecule has 0 aliphatic carbocycles. The van der Waals surface area contributed by atoms with Gasteiger partial charge in [0.1, 0.15) is 0 Å². The molecule has 6 nitrogen and oxygen atoms in total. The lowest BCUT2D eigenvalue weighted by Gasteiger charge is -2.35. The highest BCUT2D eigenvalue weighted by molar-refractivity contribution is 6.31. The Hall–Kier alpha value is -2.57. The van der Waals surface area contributed by atoms with Crippen LogP contribution in [0.3, 0.4) is 0 Å². The maximum absolute atomic E-state index is 6.56. The summed E-state index contributed by atoms with van der Waals surface area (Å²) in [6, 6.07) is 13.4. The molecule has 0 spiro atoms. The Morgan fingerprint density at radius 3 is 2.50 bits per heavy atom. The predicted octanol–water partition coefficient (Wildman–Crippen LogP) is 5.28. The molecule has 0 saturated carbocycles. The van der Waals surface area contributed by atoms with E-state index >= 15 is 0 Å². The molecule has 0 bridgehead atoms. The molecular weight excluding hydrogens is 404 g/mol. The van der Waals surface area contributed by atoms with Gasteiger partial charge in [-0.25, -0.2) is 0 Å². The Bertz CT molecular complexity index is 1010. The summed E-state index contributed by atoms with van der Waals surface area (Å²) in [5, 5.41) is 9.45. The minimum Gasteiger partial charge on any atom is -0.493 e. The normalized spacial score (nSPS) is 15.9. The zero-order valence-electron chi connectivity index (χ0n) is 17.4. The number of halogens is 1. The van der Waals surface area contributed by atoms with E-state index in [2.05, 4.69) is 10.2 Å². The number of benzene rings is 2. The van der Waals surface area contributed by atoms with Crippen LogP contribution in [0.4, 0.5) is 0 Å². The zero-order chi connectivity index (χ0) is 21.1. The van der Waals surface area contributed by atoms with Gasteiger partial charge in [-0.3, -0.25) is 0 Å². The first-order chi connectivity index (χ1) is 14.5. The molecule has 1 aliphatic rings. The van der Waals surface area contributed by atoms with Gasteiger partial charge in [0.2, 0.25) is 11.8 Å². The van der Waals surface area contributed by atoms with Gasteiger partial charge < -0.3 is 18.6 Å². The lowest BCUT2D eigenvalue weighted by molar-refractivity contribution is 0.0546. The third-order valence-corrected chi connectivity index (χ3v) is 5.67. The van der Waals surface area contributed by atoms with Crippen molar-refractivity contribution >= 4 is 11.6 Å². The summed E-state index contributed by atoms with van der Waals surface area (Å²) in [5.74, 6) is 2.27. The van der Waals surface area contributed by atoms with Crippen molar-refractivity contribution in [2.45, 2.75) is 38.2 Å². The van der Waals surface area contributed by atoms with Crippen molar-refractivity contribution in [1.29, 1.82) is 0 Å². The third kappa shape index (κ3) is 3.89. The van der Waals surface area contributed by atoms with Gasteiger partial charge in [-0.05, 0) is 56.5 Å². The number of methoxy groups -OCH3 is 1. The molecule has 0 unspecified atom stereocenters. The third-order valence-electron chi connectivity index (χ3n) is 5.34. The Balaban J connectivity index is 1.73. The van der Waals surface area contributed by atoms with E-state index in [4.69, 9.17) is 30.2 Å². The number of hydrogen-bond donors (Lipinski definition) is 0. The molecule has 1 saturated heterocycles. The minimum atomic E-state index is -0.466. The van der Waals surface area contributed by atoms with E-state index in [1.165, 1.54) is 0 Å². The Morgan fingerprint density at radius 1 is 1.03 bits per heavy atom. The van der Waals surface area contributed by atoms with Gasteiger partial charge in [-0.15, -0.1) is 10.2 Å². The van der Waals surface area contributed by atoms with Crippen LogP contribution in [0.15, 0.2) is 46.9 Å². The average molecular weight is 429 g/mol. The Morgan fingerprint density at radius 2 is 1.80 bits per heavy atom. The van der Waals surface area contributed by atoms with E-state index in [1.54, 1.807) is 7.11 Å². The maximum Gasteiger partial charge on any atom is 0.247 e. The second-order valence-electron chi connectivity index (χ2n) is 7.62. The molecule has 158 valence electrons. The van der Waals surface area contributed by atoms with Crippen molar-refractivity contribution in [3.05, 3.63) is 58.9 Å². The molecule has 2 heterocycles. The molecule has 0 atom stereocenters. The predicted molar refractivity (Wildman–Crippen MR) is 114 cm³/mol. The van der Waals surface area contributed by atoms with Gasteiger partial charge in [-0.2, -0.15) is 0 Å². The van der Waals surface area contributed by atoms with E-state index < -0.39 is 5.41 Å². The minimum absolute atomic E-state index is 0.0451. The summed E-state index contributed by atoms with van der Waals surface area (Å²) < 4.78 is 23.1. The lowest BCUT2D eigenvalue weighted by Crippen LogP contribution is -2.35. The quantitative estimate of drug-likeness (QED) is 0.532. The molecule has 1 fully saturated rings. The van der Waals surface area contributed by atoms with Crippen molar-refractivity contribution in [2.24, 2.45) is 0 Å². The summed E-state index contributed by atoms with van der Waals surface area (Å²) in [6.45, 7) is 5.16. The molecule has 4 rings (SSSR count). The summed E-state index contributed by atoms with van der Waals surface area (Å²) >= 11 is 6.56. The fraction of sp³-hybridized carbons (Fsp3) is 0.391. The van der Waals surface area contributed by atoms with Gasteiger partial charge in [0, 0.05) is 23.8 Å². The van der Waals surface area contributed by atoms with Gasteiger partial charge in [0.15, 0.2) is 11.5 Å². The van der Waals surface area contributed by atoms with Crippen LogP contribution in [-0.2, 0) is 10.2 Å². The van der Waals surface area contributed by atoms with Gasteiger partial charge in [0.25, 0.3) is 0 Å². The number of aromatic nitrogens is 2.